The van der Waals surface area contributed by atoms with Gasteiger partial charge in [-0.05, 0) is 18.6 Å². The summed E-state index contributed by atoms with van der Waals surface area (Å²) in [5, 5.41) is 0. The van der Waals surface area contributed by atoms with Crippen molar-refractivity contribution in [2.75, 3.05) is 11.8 Å². The zero-order valence-corrected chi connectivity index (χ0v) is 13.1. The molecule has 0 aliphatic rings. The number of halogens is 4. The summed E-state index contributed by atoms with van der Waals surface area (Å²) in [5.41, 5.74) is 1.05. The van der Waals surface area contributed by atoms with Crippen LogP contribution < -0.4 is 0 Å². The number of rotatable bonds is 3. The third-order valence-corrected chi connectivity index (χ3v) is 1.81. The van der Waals surface area contributed by atoms with Crippen molar-refractivity contribution in [1.29, 1.82) is 0 Å². The quantitative estimate of drug-likeness (QED) is 0.424. The smallest absolute Gasteiger partial charge is 0.142 e. The minimum absolute atomic E-state index is 0.222. The molecule has 0 aromatic heterocycles. The molecule has 0 saturated heterocycles. The van der Waals surface area contributed by atoms with Crippen LogP contribution in [-0.4, -0.2) is 22.9 Å². The highest BCUT2D eigenvalue weighted by molar-refractivity contribution is 6.43. The summed E-state index contributed by atoms with van der Waals surface area (Å²) in [5.74, 6) is 1.11. The number of allylic oxidation sites excluding steroid dienone is 1. The first-order valence-electron chi connectivity index (χ1n) is 5.15. The highest BCUT2D eigenvalue weighted by Gasteiger charge is 1.79. The van der Waals surface area contributed by atoms with Crippen molar-refractivity contribution < 1.29 is 4.79 Å². The lowest BCUT2D eigenvalue weighted by molar-refractivity contribution is -0.104. The van der Waals surface area contributed by atoms with Gasteiger partial charge in [0.1, 0.15) is 11.1 Å². The predicted octanol–water partition coefficient (Wildman–Crippen LogP) is 5.17. The lowest BCUT2D eigenvalue weighted by atomic mass is 10.2. The summed E-state index contributed by atoms with van der Waals surface area (Å²) < 4.78 is 0. The molecule has 0 unspecified atom stereocenters. The maximum atomic E-state index is 9.89. The van der Waals surface area contributed by atoms with Crippen LogP contribution in [0.25, 0.3) is 6.08 Å². The number of carbonyl (C=O) groups excluding carboxylic acids is 1. The summed E-state index contributed by atoms with van der Waals surface area (Å²) in [6, 6.07) is 9.70. The molecule has 1 rings (SSSR count). The standard InChI is InChI=1S/C9H8O.2C2H4Cl2/c10-8-4-7-9-5-2-1-3-6-9;1-2(3)4;3-1-2-4/h1-8H;2H,1H3;1-2H2/b7-4+;;. The van der Waals surface area contributed by atoms with Crippen LogP contribution in [0.3, 0.4) is 0 Å². The van der Waals surface area contributed by atoms with Gasteiger partial charge in [0, 0.05) is 11.8 Å². The molecule has 0 N–H and O–H groups in total. The molecule has 0 aliphatic carbocycles. The number of carbonyl (C=O) groups is 1. The van der Waals surface area contributed by atoms with E-state index in [1.807, 2.05) is 30.3 Å². The second-order valence-electron chi connectivity index (χ2n) is 2.80. The van der Waals surface area contributed by atoms with Gasteiger partial charge in [0.15, 0.2) is 0 Å². The summed E-state index contributed by atoms with van der Waals surface area (Å²) in [4.78, 5) is 9.67. The van der Waals surface area contributed by atoms with E-state index in [-0.39, 0.29) is 4.84 Å². The third kappa shape index (κ3) is 21.1. The van der Waals surface area contributed by atoms with Gasteiger partial charge in [0.2, 0.25) is 0 Å². The van der Waals surface area contributed by atoms with E-state index < -0.39 is 0 Å². The van der Waals surface area contributed by atoms with Gasteiger partial charge in [-0.3, -0.25) is 4.79 Å². The van der Waals surface area contributed by atoms with E-state index in [1.165, 1.54) is 6.08 Å². The van der Waals surface area contributed by atoms with Crippen LogP contribution in [0.4, 0.5) is 0 Å². The van der Waals surface area contributed by atoms with Gasteiger partial charge in [-0.1, -0.05) is 36.4 Å². The normalized spacial score (nSPS) is 9.22. The van der Waals surface area contributed by atoms with Crippen LogP contribution in [0.1, 0.15) is 12.5 Å². The predicted molar refractivity (Wildman–Crippen MR) is 84.1 cm³/mol. The van der Waals surface area contributed by atoms with Gasteiger partial charge < -0.3 is 0 Å². The first-order valence-corrected chi connectivity index (χ1v) is 7.09. The highest BCUT2D eigenvalue weighted by Crippen LogP contribution is 1.99. The number of alkyl halides is 4. The molecule has 0 atom stereocenters. The second kappa shape index (κ2) is 16.8. The van der Waals surface area contributed by atoms with E-state index in [2.05, 4.69) is 0 Å². The van der Waals surface area contributed by atoms with Crippen LogP contribution in [-0.2, 0) is 4.79 Å². The minimum Gasteiger partial charge on any atom is -0.299 e. The van der Waals surface area contributed by atoms with Gasteiger partial charge in [-0.25, -0.2) is 0 Å². The van der Waals surface area contributed by atoms with Crippen LogP contribution in [0.15, 0.2) is 36.4 Å². The topological polar surface area (TPSA) is 17.1 Å². The molecular weight excluding hydrogens is 314 g/mol. The van der Waals surface area contributed by atoms with Crippen molar-refractivity contribution in [3.05, 3.63) is 42.0 Å². The van der Waals surface area contributed by atoms with Crippen molar-refractivity contribution in [1.82, 2.24) is 0 Å². The van der Waals surface area contributed by atoms with Crippen molar-refractivity contribution >= 4 is 58.8 Å². The fourth-order valence-electron chi connectivity index (χ4n) is 0.715. The van der Waals surface area contributed by atoms with Crippen LogP contribution >= 0.6 is 46.4 Å². The zero-order chi connectivity index (χ0) is 14.2. The zero-order valence-electron chi connectivity index (χ0n) is 10.0. The van der Waals surface area contributed by atoms with E-state index in [4.69, 9.17) is 46.4 Å². The Labute approximate surface area is 129 Å². The first kappa shape index (κ1) is 20.1. The fraction of sp³-hybridized carbons (Fsp3) is 0.308. The molecule has 0 heterocycles. The number of hydrogen-bond donors (Lipinski definition) is 0. The third-order valence-electron chi connectivity index (χ3n) is 1.24. The SMILES string of the molecule is CC(Cl)Cl.ClCCCl.O=C/C=C/c1ccccc1. The van der Waals surface area contributed by atoms with E-state index in [0.717, 1.165) is 11.8 Å². The number of aldehydes is 1. The Morgan fingerprint density at radius 3 is 1.89 bits per heavy atom. The molecule has 0 fully saturated rings. The Balaban J connectivity index is 0. The summed E-state index contributed by atoms with van der Waals surface area (Å²) in [7, 11) is 0. The molecule has 1 aromatic carbocycles. The Morgan fingerprint density at radius 1 is 1.11 bits per heavy atom. The van der Waals surface area contributed by atoms with E-state index in [1.54, 1.807) is 13.0 Å². The fourth-order valence-corrected chi connectivity index (χ4v) is 0.715. The first-order chi connectivity index (χ1) is 8.58. The van der Waals surface area contributed by atoms with Crippen LogP contribution in [0.5, 0.6) is 0 Å². The maximum Gasteiger partial charge on any atom is 0.142 e. The summed E-state index contributed by atoms with van der Waals surface area (Å²) in [6.07, 6.45) is 4.02. The van der Waals surface area contributed by atoms with Crippen molar-refractivity contribution in [3.63, 3.8) is 0 Å². The lowest BCUT2D eigenvalue weighted by Gasteiger charge is -1.86. The Hall–Kier alpha value is -0.210. The molecule has 0 amide bonds. The molecule has 1 nitrogen and oxygen atoms in total. The number of benzene rings is 1. The van der Waals surface area contributed by atoms with Crippen molar-refractivity contribution in [2.45, 2.75) is 11.8 Å². The average molecular weight is 330 g/mol. The van der Waals surface area contributed by atoms with Gasteiger partial charge in [0.05, 0.1) is 0 Å². The van der Waals surface area contributed by atoms with E-state index >= 15 is 0 Å². The minimum atomic E-state index is -0.222. The largest absolute Gasteiger partial charge is 0.299 e. The van der Waals surface area contributed by atoms with Crippen molar-refractivity contribution in [2.24, 2.45) is 0 Å². The Bertz CT molecular complexity index is 294. The van der Waals surface area contributed by atoms with E-state index in [9.17, 15) is 4.79 Å². The second-order valence-corrected chi connectivity index (χ2v) is 5.09. The average Bonchev–Trinajstić information content (AvgIpc) is 2.37. The molecule has 0 radical (unpaired) electrons. The Kier molecular flexibility index (Phi) is 18.8. The van der Waals surface area contributed by atoms with Gasteiger partial charge in [-0.2, -0.15) is 0 Å². The molecule has 0 bridgehead atoms. The molecular formula is C13H16Cl4O. The maximum absolute atomic E-state index is 9.89. The van der Waals surface area contributed by atoms with Gasteiger partial charge in [-0.15, -0.1) is 46.4 Å². The lowest BCUT2D eigenvalue weighted by Crippen LogP contribution is -1.67. The van der Waals surface area contributed by atoms with Crippen molar-refractivity contribution in [3.8, 4) is 0 Å². The molecule has 5 heteroatoms. The van der Waals surface area contributed by atoms with E-state index in [0.29, 0.717) is 11.8 Å². The molecule has 0 spiro atoms. The van der Waals surface area contributed by atoms with Crippen LogP contribution in [0.2, 0.25) is 0 Å². The number of hydrogen-bond acceptors (Lipinski definition) is 1. The Morgan fingerprint density at radius 2 is 1.56 bits per heavy atom. The molecule has 0 saturated carbocycles. The van der Waals surface area contributed by atoms with Crippen LogP contribution in [0, 0.1) is 0 Å². The summed E-state index contributed by atoms with van der Waals surface area (Å²) in [6.45, 7) is 1.70. The highest BCUT2D eigenvalue weighted by atomic mass is 35.5. The molecule has 18 heavy (non-hydrogen) atoms. The molecule has 0 aliphatic heterocycles. The monoisotopic (exact) mass is 328 g/mol. The molecule has 1 aromatic rings. The van der Waals surface area contributed by atoms with Gasteiger partial charge in [0.25, 0.3) is 0 Å². The summed E-state index contributed by atoms with van der Waals surface area (Å²) >= 11 is 20.2. The van der Waals surface area contributed by atoms with Gasteiger partial charge >= 0.3 is 0 Å². The molecule has 102 valence electrons.